The Balaban J connectivity index is 1.70. The molecule has 142 valence electrons. The third-order valence-electron chi connectivity index (χ3n) is 4.28. The summed E-state index contributed by atoms with van der Waals surface area (Å²) < 4.78 is 13.3. The lowest BCUT2D eigenvalue weighted by atomic mass is 10.2. The first-order valence-corrected chi connectivity index (χ1v) is 8.54. The highest BCUT2D eigenvalue weighted by molar-refractivity contribution is 5.95. The molecular weight excluding hydrogens is 348 g/mol. The molecule has 0 radical (unpaired) electrons. The van der Waals surface area contributed by atoms with Crippen LogP contribution >= 0.6 is 0 Å². The number of ether oxygens (including phenoxy) is 1. The van der Waals surface area contributed by atoms with Crippen molar-refractivity contribution in [2.24, 2.45) is 7.05 Å². The summed E-state index contributed by atoms with van der Waals surface area (Å²) in [4.78, 5) is 24.6. The number of hydrogen-bond donors (Lipinski definition) is 1. The molecule has 0 saturated carbocycles. The van der Waals surface area contributed by atoms with E-state index in [0.29, 0.717) is 22.9 Å². The van der Waals surface area contributed by atoms with Crippen molar-refractivity contribution in [3.8, 4) is 17.1 Å². The van der Waals surface area contributed by atoms with Crippen molar-refractivity contribution < 1.29 is 13.9 Å². The van der Waals surface area contributed by atoms with E-state index in [4.69, 9.17) is 9.15 Å². The van der Waals surface area contributed by atoms with Crippen LogP contribution in [0.1, 0.15) is 21.9 Å². The van der Waals surface area contributed by atoms with Crippen molar-refractivity contribution in [2.75, 3.05) is 13.7 Å². The van der Waals surface area contributed by atoms with E-state index in [0.717, 1.165) is 11.3 Å². The molecule has 8 nitrogen and oxygen atoms in total. The van der Waals surface area contributed by atoms with Crippen LogP contribution in [0.2, 0.25) is 0 Å². The zero-order valence-corrected chi connectivity index (χ0v) is 15.8. The van der Waals surface area contributed by atoms with Crippen molar-refractivity contribution in [3.63, 3.8) is 0 Å². The second-order valence-electron chi connectivity index (χ2n) is 6.20. The van der Waals surface area contributed by atoms with Gasteiger partial charge in [-0.25, -0.2) is 9.48 Å². The number of aryl methyl sites for hydroxylation is 2. The maximum atomic E-state index is 12.4. The van der Waals surface area contributed by atoms with Crippen LogP contribution in [0.4, 0.5) is 0 Å². The summed E-state index contributed by atoms with van der Waals surface area (Å²) in [6, 6.07) is 9.01. The summed E-state index contributed by atoms with van der Waals surface area (Å²) in [5, 5.41) is 7.17. The number of rotatable bonds is 6. The van der Waals surface area contributed by atoms with Crippen LogP contribution in [0.15, 0.2) is 39.5 Å². The van der Waals surface area contributed by atoms with Gasteiger partial charge in [-0.15, -0.1) is 5.10 Å². The van der Waals surface area contributed by atoms with Gasteiger partial charge in [0, 0.05) is 19.2 Å². The molecule has 2 aromatic heterocycles. The Labute approximate surface area is 156 Å². The average molecular weight is 370 g/mol. The van der Waals surface area contributed by atoms with Gasteiger partial charge in [0.05, 0.1) is 19.2 Å². The van der Waals surface area contributed by atoms with Gasteiger partial charge < -0.3 is 14.5 Å². The molecule has 0 aliphatic rings. The number of benzene rings is 1. The van der Waals surface area contributed by atoms with Gasteiger partial charge in [-0.2, -0.15) is 0 Å². The van der Waals surface area contributed by atoms with Crippen LogP contribution in [-0.4, -0.2) is 33.9 Å². The summed E-state index contributed by atoms with van der Waals surface area (Å²) in [5.74, 6) is 2.30. The molecule has 27 heavy (non-hydrogen) atoms. The van der Waals surface area contributed by atoms with E-state index in [2.05, 4.69) is 10.4 Å². The molecule has 0 fully saturated rings. The first-order chi connectivity index (χ1) is 12.9. The largest absolute Gasteiger partial charge is 0.497 e. The maximum absolute atomic E-state index is 12.4. The van der Waals surface area contributed by atoms with E-state index >= 15 is 0 Å². The zero-order valence-electron chi connectivity index (χ0n) is 15.8. The summed E-state index contributed by atoms with van der Waals surface area (Å²) in [7, 11) is 3.27. The second kappa shape index (κ2) is 7.53. The summed E-state index contributed by atoms with van der Waals surface area (Å²) in [6.07, 6.45) is 0. The number of carbonyl (C=O) groups is 1. The predicted octanol–water partition coefficient (Wildman–Crippen LogP) is 1.90. The molecule has 3 aromatic rings. The van der Waals surface area contributed by atoms with Gasteiger partial charge in [0.1, 0.15) is 17.3 Å². The minimum atomic E-state index is -0.245. The predicted molar refractivity (Wildman–Crippen MR) is 100.0 cm³/mol. The highest BCUT2D eigenvalue weighted by Crippen LogP contribution is 2.19. The standard InChI is InChI=1S/C19H22N4O4/c1-12-11-16(13(2)27-12)18(24)20-9-10-23-19(25)22(3)17(21-23)14-5-7-15(26-4)8-6-14/h5-8,11H,9-10H2,1-4H3,(H,20,24). The van der Waals surface area contributed by atoms with Crippen molar-refractivity contribution >= 4 is 5.91 Å². The fourth-order valence-corrected chi connectivity index (χ4v) is 2.85. The van der Waals surface area contributed by atoms with E-state index in [1.54, 1.807) is 34.1 Å². The van der Waals surface area contributed by atoms with Gasteiger partial charge in [0.15, 0.2) is 5.82 Å². The van der Waals surface area contributed by atoms with Crippen molar-refractivity contribution in [1.82, 2.24) is 19.7 Å². The van der Waals surface area contributed by atoms with E-state index in [-0.39, 0.29) is 24.7 Å². The van der Waals surface area contributed by atoms with Crippen LogP contribution in [0.5, 0.6) is 5.75 Å². The molecular formula is C19H22N4O4. The molecule has 1 amide bonds. The lowest BCUT2D eigenvalue weighted by molar-refractivity contribution is 0.0950. The number of methoxy groups -OCH3 is 1. The van der Waals surface area contributed by atoms with Crippen LogP contribution in [0.25, 0.3) is 11.4 Å². The molecule has 0 atom stereocenters. The Morgan fingerprint density at radius 2 is 1.96 bits per heavy atom. The van der Waals surface area contributed by atoms with E-state index in [1.165, 1.54) is 9.25 Å². The molecule has 0 spiro atoms. The topological polar surface area (TPSA) is 91.3 Å². The first-order valence-electron chi connectivity index (χ1n) is 8.54. The first kappa shape index (κ1) is 18.5. The van der Waals surface area contributed by atoms with Gasteiger partial charge in [0.25, 0.3) is 5.91 Å². The lowest BCUT2D eigenvalue weighted by Crippen LogP contribution is -2.31. The van der Waals surface area contributed by atoms with Gasteiger partial charge in [-0.05, 0) is 44.2 Å². The minimum Gasteiger partial charge on any atom is -0.497 e. The van der Waals surface area contributed by atoms with Crippen LogP contribution in [-0.2, 0) is 13.6 Å². The molecule has 0 unspecified atom stereocenters. The fourth-order valence-electron chi connectivity index (χ4n) is 2.85. The Kier molecular flexibility index (Phi) is 5.16. The second-order valence-corrected chi connectivity index (χ2v) is 6.20. The van der Waals surface area contributed by atoms with Crippen LogP contribution < -0.4 is 15.7 Å². The molecule has 0 aliphatic carbocycles. The summed E-state index contributed by atoms with van der Waals surface area (Å²) >= 11 is 0. The molecule has 0 aliphatic heterocycles. The maximum Gasteiger partial charge on any atom is 0.345 e. The van der Waals surface area contributed by atoms with Gasteiger partial charge >= 0.3 is 5.69 Å². The lowest BCUT2D eigenvalue weighted by Gasteiger charge is -2.04. The number of furan rings is 1. The van der Waals surface area contributed by atoms with Crippen molar-refractivity contribution in [3.05, 3.63) is 57.9 Å². The molecule has 1 aromatic carbocycles. The monoisotopic (exact) mass is 370 g/mol. The Bertz CT molecular complexity index is 1010. The summed E-state index contributed by atoms with van der Waals surface area (Å²) in [6.45, 7) is 4.08. The number of hydrogen-bond acceptors (Lipinski definition) is 5. The molecule has 8 heteroatoms. The number of amides is 1. The van der Waals surface area contributed by atoms with Crippen molar-refractivity contribution in [2.45, 2.75) is 20.4 Å². The van der Waals surface area contributed by atoms with E-state index in [1.807, 2.05) is 24.3 Å². The van der Waals surface area contributed by atoms with Crippen molar-refractivity contribution in [1.29, 1.82) is 0 Å². The average Bonchev–Trinajstić information content (AvgIpc) is 3.14. The number of carbonyl (C=O) groups excluding carboxylic acids is 1. The molecule has 0 saturated heterocycles. The highest BCUT2D eigenvalue weighted by Gasteiger charge is 2.15. The molecule has 1 N–H and O–H groups in total. The van der Waals surface area contributed by atoms with Crippen LogP contribution in [0.3, 0.4) is 0 Å². The number of nitrogens with zero attached hydrogens (tertiary/aromatic N) is 3. The minimum absolute atomic E-state index is 0.233. The van der Waals surface area contributed by atoms with Gasteiger partial charge in [-0.1, -0.05) is 0 Å². The zero-order chi connectivity index (χ0) is 19.6. The highest BCUT2D eigenvalue weighted by atomic mass is 16.5. The van der Waals surface area contributed by atoms with Gasteiger partial charge in [-0.3, -0.25) is 9.36 Å². The fraction of sp³-hybridized carbons (Fsp3) is 0.316. The van der Waals surface area contributed by atoms with E-state index < -0.39 is 0 Å². The van der Waals surface area contributed by atoms with Gasteiger partial charge in [0.2, 0.25) is 0 Å². The smallest absolute Gasteiger partial charge is 0.345 e. The number of nitrogens with one attached hydrogen (secondary N) is 1. The Hall–Kier alpha value is -3.29. The normalized spacial score (nSPS) is 10.8. The molecule has 2 heterocycles. The molecule has 3 rings (SSSR count). The Morgan fingerprint density at radius 3 is 2.56 bits per heavy atom. The summed E-state index contributed by atoms with van der Waals surface area (Å²) in [5.41, 5.74) is 1.06. The SMILES string of the molecule is COc1ccc(-c2nn(CCNC(=O)c3cc(C)oc3C)c(=O)n2C)cc1. The quantitative estimate of drug-likeness (QED) is 0.716. The number of aromatic nitrogens is 3. The third-order valence-corrected chi connectivity index (χ3v) is 4.28. The van der Waals surface area contributed by atoms with Crippen LogP contribution in [0, 0.1) is 13.8 Å². The third kappa shape index (κ3) is 3.79. The molecule has 0 bridgehead atoms. The van der Waals surface area contributed by atoms with E-state index in [9.17, 15) is 9.59 Å². The Morgan fingerprint density at radius 1 is 1.26 bits per heavy atom.